The van der Waals surface area contributed by atoms with E-state index in [1.165, 1.54) is 12.0 Å². The van der Waals surface area contributed by atoms with Crippen molar-refractivity contribution in [1.29, 1.82) is 0 Å². The van der Waals surface area contributed by atoms with E-state index in [0.717, 1.165) is 37.6 Å². The lowest BCUT2D eigenvalue weighted by Gasteiger charge is -2.33. The SMILES string of the molecule is Cc1nccc([C@@H]2C[C@H]3CCN(Cc4cnn(C)c4)C[C@@H]3O2)n1. The van der Waals surface area contributed by atoms with Crippen LogP contribution in [-0.4, -0.2) is 43.8 Å². The minimum atomic E-state index is 0.130. The average Bonchev–Trinajstić information content (AvgIpc) is 3.13. The van der Waals surface area contributed by atoms with Crippen molar-refractivity contribution in [3.8, 4) is 0 Å². The molecule has 0 aliphatic carbocycles. The van der Waals surface area contributed by atoms with E-state index in [1.807, 2.05) is 37.1 Å². The van der Waals surface area contributed by atoms with Crippen molar-refractivity contribution >= 4 is 0 Å². The molecular formula is C17H23N5O. The summed E-state index contributed by atoms with van der Waals surface area (Å²) in [7, 11) is 1.96. The summed E-state index contributed by atoms with van der Waals surface area (Å²) in [6, 6.07) is 1.99. The van der Waals surface area contributed by atoms with Crippen LogP contribution in [0.5, 0.6) is 0 Å². The second-order valence-electron chi connectivity index (χ2n) is 6.73. The maximum Gasteiger partial charge on any atom is 0.125 e. The Morgan fingerprint density at radius 1 is 1.39 bits per heavy atom. The minimum absolute atomic E-state index is 0.130. The molecule has 4 rings (SSSR count). The Bertz CT molecular complexity index is 685. The largest absolute Gasteiger partial charge is 0.367 e. The summed E-state index contributed by atoms with van der Waals surface area (Å²) in [6.07, 6.45) is 8.61. The van der Waals surface area contributed by atoms with Crippen LogP contribution in [0, 0.1) is 12.8 Å². The molecule has 3 atom stereocenters. The standard InChI is InChI=1S/C17H23N5O/c1-12-18-5-3-15(20-12)16-7-14-4-6-22(11-17(14)23-16)10-13-8-19-21(2)9-13/h3,5,8-9,14,16-17H,4,6-7,10-11H2,1-2H3/t14-,16+,17+/m1/s1. The average molecular weight is 313 g/mol. The Balaban J connectivity index is 1.40. The maximum atomic E-state index is 6.33. The first-order chi connectivity index (χ1) is 11.2. The zero-order valence-electron chi connectivity index (χ0n) is 13.7. The third-order valence-corrected chi connectivity index (χ3v) is 4.93. The van der Waals surface area contributed by atoms with Gasteiger partial charge in [0.05, 0.1) is 18.0 Å². The van der Waals surface area contributed by atoms with Gasteiger partial charge in [-0.05, 0) is 38.3 Å². The molecule has 2 aromatic heterocycles. The predicted molar refractivity (Wildman–Crippen MR) is 85.6 cm³/mol. The number of hydrogen-bond donors (Lipinski definition) is 0. The molecule has 0 bridgehead atoms. The Morgan fingerprint density at radius 3 is 3.09 bits per heavy atom. The van der Waals surface area contributed by atoms with Crippen LogP contribution in [0.1, 0.15) is 36.0 Å². The fourth-order valence-electron chi connectivity index (χ4n) is 3.79. The van der Waals surface area contributed by atoms with Gasteiger partial charge in [0.25, 0.3) is 0 Å². The van der Waals surface area contributed by atoms with Crippen molar-refractivity contribution in [3.05, 3.63) is 41.7 Å². The summed E-state index contributed by atoms with van der Waals surface area (Å²) >= 11 is 0. The van der Waals surface area contributed by atoms with Crippen LogP contribution in [-0.2, 0) is 18.3 Å². The molecule has 122 valence electrons. The van der Waals surface area contributed by atoms with Crippen molar-refractivity contribution in [1.82, 2.24) is 24.6 Å². The van der Waals surface area contributed by atoms with Crippen LogP contribution < -0.4 is 0 Å². The highest BCUT2D eigenvalue weighted by molar-refractivity contribution is 5.09. The highest BCUT2D eigenvalue weighted by atomic mass is 16.5. The topological polar surface area (TPSA) is 56.1 Å². The summed E-state index contributed by atoms with van der Waals surface area (Å²) in [5.41, 5.74) is 2.30. The molecule has 2 saturated heterocycles. The Kier molecular flexibility index (Phi) is 3.87. The quantitative estimate of drug-likeness (QED) is 0.866. The molecular weight excluding hydrogens is 290 g/mol. The molecule has 23 heavy (non-hydrogen) atoms. The lowest BCUT2D eigenvalue weighted by atomic mass is 9.91. The van der Waals surface area contributed by atoms with E-state index in [2.05, 4.69) is 26.2 Å². The summed E-state index contributed by atoms with van der Waals surface area (Å²) in [5, 5.41) is 4.25. The van der Waals surface area contributed by atoms with E-state index < -0.39 is 0 Å². The molecule has 0 spiro atoms. The minimum Gasteiger partial charge on any atom is -0.367 e. The molecule has 0 aromatic carbocycles. The molecule has 2 aliphatic rings. The lowest BCUT2D eigenvalue weighted by molar-refractivity contribution is -0.0107. The number of fused-ring (bicyclic) bond motifs is 1. The normalized spacial score (nSPS) is 28.0. The van der Waals surface area contributed by atoms with Gasteiger partial charge in [0.1, 0.15) is 11.9 Å². The van der Waals surface area contributed by atoms with Crippen molar-refractivity contribution < 1.29 is 4.74 Å². The van der Waals surface area contributed by atoms with Gasteiger partial charge >= 0.3 is 0 Å². The number of ether oxygens (including phenoxy) is 1. The van der Waals surface area contributed by atoms with Crippen LogP contribution >= 0.6 is 0 Å². The smallest absolute Gasteiger partial charge is 0.125 e. The van der Waals surface area contributed by atoms with Crippen molar-refractivity contribution in [2.45, 2.75) is 38.5 Å². The molecule has 6 nitrogen and oxygen atoms in total. The Labute approximate surface area is 136 Å². The highest BCUT2D eigenvalue weighted by Crippen LogP contribution is 2.40. The first-order valence-electron chi connectivity index (χ1n) is 8.32. The fraction of sp³-hybridized carbons (Fsp3) is 0.588. The number of rotatable bonds is 3. The highest BCUT2D eigenvalue weighted by Gasteiger charge is 2.40. The second-order valence-corrected chi connectivity index (χ2v) is 6.73. The molecule has 6 heteroatoms. The van der Waals surface area contributed by atoms with E-state index in [4.69, 9.17) is 4.74 Å². The Morgan fingerprint density at radius 2 is 2.30 bits per heavy atom. The molecule has 4 heterocycles. The fourth-order valence-corrected chi connectivity index (χ4v) is 3.79. The summed E-state index contributed by atoms with van der Waals surface area (Å²) in [5.74, 6) is 1.47. The van der Waals surface area contributed by atoms with Crippen LogP contribution in [0.15, 0.2) is 24.7 Å². The van der Waals surface area contributed by atoms with E-state index in [-0.39, 0.29) is 6.10 Å². The van der Waals surface area contributed by atoms with Crippen LogP contribution in [0.4, 0.5) is 0 Å². The molecule has 0 amide bonds. The van der Waals surface area contributed by atoms with Gasteiger partial charge in [-0.3, -0.25) is 9.58 Å². The molecule has 0 N–H and O–H groups in total. The number of aryl methyl sites for hydroxylation is 2. The Hall–Kier alpha value is -1.79. The monoisotopic (exact) mass is 313 g/mol. The number of piperidine rings is 1. The first kappa shape index (κ1) is 14.8. The summed E-state index contributed by atoms with van der Waals surface area (Å²) < 4.78 is 8.19. The van der Waals surface area contributed by atoms with Crippen LogP contribution in [0.2, 0.25) is 0 Å². The lowest BCUT2D eigenvalue weighted by Crippen LogP contribution is -2.41. The van der Waals surface area contributed by atoms with Crippen LogP contribution in [0.3, 0.4) is 0 Å². The van der Waals surface area contributed by atoms with E-state index in [9.17, 15) is 0 Å². The van der Waals surface area contributed by atoms with E-state index in [0.29, 0.717) is 12.0 Å². The zero-order valence-corrected chi connectivity index (χ0v) is 13.7. The van der Waals surface area contributed by atoms with Crippen LogP contribution in [0.25, 0.3) is 0 Å². The van der Waals surface area contributed by atoms with E-state index >= 15 is 0 Å². The molecule has 2 aromatic rings. The third-order valence-electron chi connectivity index (χ3n) is 4.93. The molecule has 0 saturated carbocycles. The summed E-state index contributed by atoms with van der Waals surface area (Å²) in [4.78, 5) is 11.2. The van der Waals surface area contributed by atoms with Gasteiger partial charge in [-0.15, -0.1) is 0 Å². The third kappa shape index (κ3) is 3.14. The van der Waals surface area contributed by atoms with Crippen molar-refractivity contribution in [2.24, 2.45) is 13.0 Å². The van der Waals surface area contributed by atoms with Gasteiger partial charge in [0.2, 0.25) is 0 Å². The van der Waals surface area contributed by atoms with Gasteiger partial charge < -0.3 is 4.74 Å². The maximum absolute atomic E-state index is 6.33. The molecule has 2 aliphatic heterocycles. The summed E-state index contributed by atoms with van der Waals surface area (Å²) in [6.45, 7) is 5.02. The van der Waals surface area contributed by atoms with Gasteiger partial charge in [0, 0.05) is 38.1 Å². The van der Waals surface area contributed by atoms with Gasteiger partial charge in [-0.2, -0.15) is 5.10 Å². The molecule has 2 fully saturated rings. The first-order valence-corrected chi connectivity index (χ1v) is 8.32. The van der Waals surface area contributed by atoms with Gasteiger partial charge in [-0.1, -0.05) is 0 Å². The van der Waals surface area contributed by atoms with Crippen molar-refractivity contribution in [3.63, 3.8) is 0 Å². The van der Waals surface area contributed by atoms with Gasteiger partial charge in [0.15, 0.2) is 0 Å². The van der Waals surface area contributed by atoms with Gasteiger partial charge in [-0.25, -0.2) is 9.97 Å². The number of hydrogen-bond acceptors (Lipinski definition) is 5. The number of nitrogens with zero attached hydrogens (tertiary/aromatic N) is 5. The number of aromatic nitrogens is 4. The predicted octanol–water partition coefficient (Wildman–Crippen LogP) is 1.87. The zero-order chi connectivity index (χ0) is 15.8. The van der Waals surface area contributed by atoms with Crippen molar-refractivity contribution in [2.75, 3.05) is 13.1 Å². The second kappa shape index (κ2) is 6.02. The molecule has 0 unspecified atom stereocenters. The molecule has 0 radical (unpaired) electrons. The van der Waals surface area contributed by atoms with E-state index in [1.54, 1.807) is 0 Å². The number of likely N-dealkylation sites (tertiary alicyclic amines) is 1.